The summed E-state index contributed by atoms with van der Waals surface area (Å²) < 4.78 is 60.1. The summed E-state index contributed by atoms with van der Waals surface area (Å²) in [4.78, 5) is 12.8. The zero-order valence-electron chi connectivity index (χ0n) is 16.4. The molecule has 0 saturated heterocycles. The van der Waals surface area contributed by atoms with Gasteiger partial charge in [0.25, 0.3) is 15.9 Å². The lowest BCUT2D eigenvalue weighted by molar-refractivity contribution is -0.122. The van der Waals surface area contributed by atoms with E-state index >= 15 is 0 Å². The molecule has 1 aliphatic heterocycles. The van der Waals surface area contributed by atoms with Crippen LogP contribution in [0.25, 0.3) is 0 Å². The maximum atomic E-state index is 13.5. The predicted octanol–water partition coefficient (Wildman–Crippen LogP) is 3.87. The molecule has 31 heavy (non-hydrogen) atoms. The van der Waals surface area contributed by atoms with Crippen molar-refractivity contribution in [1.29, 1.82) is 0 Å². The number of ether oxygens (including phenoxy) is 1. The molecule has 6 nitrogen and oxygen atoms in total. The van der Waals surface area contributed by atoms with Gasteiger partial charge in [0.15, 0.2) is 17.7 Å². The van der Waals surface area contributed by atoms with Gasteiger partial charge in [0.05, 0.1) is 17.1 Å². The van der Waals surface area contributed by atoms with Gasteiger partial charge in [-0.25, -0.2) is 17.2 Å². The van der Waals surface area contributed by atoms with Crippen LogP contribution in [0.2, 0.25) is 0 Å². The van der Waals surface area contributed by atoms with Crippen molar-refractivity contribution in [3.05, 3.63) is 83.9 Å². The van der Waals surface area contributed by atoms with Crippen molar-refractivity contribution in [3.8, 4) is 5.75 Å². The van der Waals surface area contributed by atoms with E-state index in [1.807, 2.05) is 6.92 Å². The Labute approximate surface area is 178 Å². The third-order valence-corrected chi connectivity index (χ3v) is 6.62. The Bertz CT molecular complexity index is 1250. The number of nitrogens with one attached hydrogen (secondary N) is 1. The fourth-order valence-corrected chi connectivity index (χ4v) is 4.68. The molecule has 4 rings (SSSR count). The minimum absolute atomic E-state index is 0.0271. The predicted molar refractivity (Wildman–Crippen MR) is 112 cm³/mol. The van der Waals surface area contributed by atoms with Crippen LogP contribution in [0, 0.1) is 18.6 Å². The number of hydrogen-bond acceptors (Lipinski definition) is 4. The van der Waals surface area contributed by atoms with E-state index in [-0.39, 0.29) is 22.9 Å². The number of halogens is 2. The maximum Gasteiger partial charge on any atom is 0.267 e. The molecule has 0 spiro atoms. The molecule has 160 valence electrons. The van der Waals surface area contributed by atoms with Gasteiger partial charge in [-0.05, 0) is 43.3 Å². The number of fused-ring (bicyclic) bond motifs is 1. The number of carbonyl (C=O) groups is 1. The fourth-order valence-electron chi connectivity index (χ4n) is 3.20. The summed E-state index contributed by atoms with van der Waals surface area (Å²) in [5.74, 6) is -2.63. The molecule has 0 saturated carbocycles. The number of carbonyl (C=O) groups excluding carboxylic acids is 1. The highest BCUT2D eigenvalue weighted by Gasteiger charge is 2.37. The number of amides is 1. The molecular weight excluding hydrogens is 426 g/mol. The number of anilines is 2. The molecule has 0 bridgehead atoms. The van der Waals surface area contributed by atoms with E-state index in [0.29, 0.717) is 5.69 Å². The zero-order chi connectivity index (χ0) is 22.2. The standard InChI is InChI=1S/C22H18F2N2O4S/c1-14-6-9-16(10-7-14)31(28,29)26-13-21(30-20-5-3-2-4-19(20)26)22(27)25-15-8-11-17(23)18(24)12-15/h2-12,21H,13H2,1H3,(H,25,27). The Hall–Kier alpha value is -3.46. The lowest BCUT2D eigenvalue weighted by atomic mass is 10.2. The first-order valence-corrected chi connectivity index (χ1v) is 10.8. The fraction of sp³-hybridized carbons (Fsp3) is 0.136. The highest BCUT2D eigenvalue weighted by atomic mass is 32.2. The molecule has 0 fully saturated rings. The monoisotopic (exact) mass is 444 g/mol. The molecule has 0 aromatic heterocycles. The first-order valence-electron chi connectivity index (χ1n) is 9.37. The molecule has 1 heterocycles. The highest BCUT2D eigenvalue weighted by Crippen LogP contribution is 2.37. The number of sulfonamides is 1. The average molecular weight is 444 g/mol. The molecule has 1 aliphatic rings. The number of nitrogens with zero attached hydrogens (tertiary/aromatic N) is 1. The van der Waals surface area contributed by atoms with Crippen molar-refractivity contribution in [2.45, 2.75) is 17.9 Å². The molecular formula is C22H18F2N2O4S. The third kappa shape index (κ3) is 4.09. The minimum atomic E-state index is -3.98. The molecule has 1 N–H and O–H groups in total. The average Bonchev–Trinajstić information content (AvgIpc) is 2.75. The van der Waals surface area contributed by atoms with Crippen LogP contribution in [0.1, 0.15) is 5.56 Å². The summed E-state index contributed by atoms with van der Waals surface area (Å²) in [6.07, 6.45) is -1.21. The summed E-state index contributed by atoms with van der Waals surface area (Å²) in [6, 6.07) is 15.8. The van der Waals surface area contributed by atoms with Crippen molar-refractivity contribution in [2.24, 2.45) is 0 Å². The Balaban J connectivity index is 1.66. The summed E-state index contributed by atoms with van der Waals surface area (Å²) in [6.45, 7) is 1.56. The van der Waals surface area contributed by atoms with E-state index in [1.165, 1.54) is 18.2 Å². The highest BCUT2D eigenvalue weighted by molar-refractivity contribution is 7.92. The number of hydrogen-bond donors (Lipinski definition) is 1. The van der Waals surface area contributed by atoms with E-state index in [2.05, 4.69) is 5.32 Å². The number of aryl methyl sites for hydroxylation is 1. The molecule has 1 amide bonds. The van der Waals surface area contributed by atoms with Crippen LogP contribution in [0.5, 0.6) is 5.75 Å². The van der Waals surface area contributed by atoms with Gasteiger partial charge in [-0.3, -0.25) is 9.10 Å². The van der Waals surface area contributed by atoms with Gasteiger partial charge in [0, 0.05) is 11.8 Å². The SMILES string of the molecule is Cc1ccc(S(=O)(=O)N2CC(C(=O)Nc3ccc(F)c(F)c3)Oc3ccccc32)cc1. The Morgan fingerprint density at radius 1 is 1.03 bits per heavy atom. The quantitative estimate of drug-likeness (QED) is 0.663. The minimum Gasteiger partial charge on any atom is -0.476 e. The molecule has 1 unspecified atom stereocenters. The van der Waals surface area contributed by atoms with Crippen LogP contribution >= 0.6 is 0 Å². The van der Waals surface area contributed by atoms with Crippen molar-refractivity contribution in [2.75, 3.05) is 16.2 Å². The molecule has 0 aliphatic carbocycles. The second-order valence-corrected chi connectivity index (χ2v) is 8.90. The van der Waals surface area contributed by atoms with Crippen LogP contribution in [0.3, 0.4) is 0 Å². The topological polar surface area (TPSA) is 75.7 Å². The summed E-state index contributed by atoms with van der Waals surface area (Å²) in [7, 11) is -3.98. The summed E-state index contributed by atoms with van der Waals surface area (Å²) in [5, 5.41) is 2.44. The van der Waals surface area contributed by atoms with Gasteiger partial charge in [-0.2, -0.15) is 0 Å². The van der Waals surface area contributed by atoms with Gasteiger partial charge >= 0.3 is 0 Å². The summed E-state index contributed by atoms with van der Waals surface area (Å²) in [5.41, 5.74) is 1.24. The van der Waals surface area contributed by atoms with E-state index in [9.17, 15) is 22.0 Å². The molecule has 3 aromatic rings. The Kier molecular flexibility index (Phi) is 5.36. The van der Waals surface area contributed by atoms with Crippen molar-refractivity contribution in [3.63, 3.8) is 0 Å². The molecule has 0 radical (unpaired) electrons. The van der Waals surface area contributed by atoms with Crippen LogP contribution in [-0.2, 0) is 14.8 Å². The van der Waals surface area contributed by atoms with Gasteiger partial charge in [0.2, 0.25) is 0 Å². The van der Waals surface area contributed by atoms with Gasteiger partial charge in [-0.1, -0.05) is 29.8 Å². The third-order valence-electron chi connectivity index (χ3n) is 4.82. The molecule has 3 aromatic carbocycles. The smallest absolute Gasteiger partial charge is 0.267 e. The maximum absolute atomic E-state index is 13.5. The van der Waals surface area contributed by atoms with Crippen LogP contribution in [0.4, 0.5) is 20.2 Å². The largest absolute Gasteiger partial charge is 0.476 e. The van der Waals surface area contributed by atoms with E-state index in [1.54, 1.807) is 36.4 Å². The van der Waals surface area contributed by atoms with Crippen LogP contribution < -0.4 is 14.4 Å². The molecule has 1 atom stereocenters. The second-order valence-electron chi connectivity index (χ2n) is 7.04. The normalized spacial score (nSPS) is 15.7. The van der Waals surface area contributed by atoms with Crippen molar-refractivity contribution < 1.29 is 26.7 Å². The number of benzene rings is 3. The van der Waals surface area contributed by atoms with Gasteiger partial charge in [-0.15, -0.1) is 0 Å². The lowest BCUT2D eigenvalue weighted by Gasteiger charge is -2.34. The second kappa shape index (κ2) is 7.99. The van der Waals surface area contributed by atoms with E-state index < -0.39 is 33.7 Å². The first-order chi connectivity index (χ1) is 14.8. The zero-order valence-corrected chi connectivity index (χ0v) is 17.2. The van der Waals surface area contributed by atoms with Gasteiger partial charge < -0.3 is 10.1 Å². The molecule has 9 heteroatoms. The van der Waals surface area contributed by atoms with E-state index in [0.717, 1.165) is 22.0 Å². The van der Waals surface area contributed by atoms with Crippen molar-refractivity contribution in [1.82, 2.24) is 0 Å². The van der Waals surface area contributed by atoms with Crippen LogP contribution in [-0.4, -0.2) is 27.0 Å². The number of para-hydroxylation sites is 2. The Morgan fingerprint density at radius 3 is 2.45 bits per heavy atom. The van der Waals surface area contributed by atoms with E-state index in [4.69, 9.17) is 4.74 Å². The number of rotatable bonds is 4. The Morgan fingerprint density at radius 2 is 1.74 bits per heavy atom. The van der Waals surface area contributed by atoms with Crippen LogP contribution in [0.15, 0.2) is 71.6 Å². The lowest BCUT2D eigenvalue weighted by Crippen LogP contribution is -2.48. The first kappa shape index (κ1) is 20.8. The van der Waals surface area contributed by atoms with Crippen molar-refractivity contribution >= 4 is 27.3 Å². The summed E-state index contributed by atoms with van der Waals surface area (Å²) >= 11 is 0. The van der Waals surface area contributed by atoms with Gasteiger partial charge in [0.1, 0.15) is 5.75 Å².